The first-order valence-electron chi connectivity index (χ1n) is 6.08. The van der Waals surface area contributed by atoms with E-state index in [4.69, 9.17) is 10.5 Å². The van der Waals surface area contributed by atoms with Gasteiger partial charge in [0.25, 0.3) is 0 Å². The zero-order valence-electron chi connectivity index (χ0n) is 11.6. The highest BCUT2D eigenvalue weighted by Crippen LogP contribution is 2.26. The van der Waals surface area contributed by atoms with Crippen LogP contribution in [0.2, 0.25) is 0 Å². The molecule has 0 radical (unpaired) electrons. The van der Waals surface area contributed by atoms with Gasteiger partial charge in [-0.3, -0.25) is 4.79 Å². The summed E-state index contributed by atoms with van der Waals surface area (Å²) in [5.74, 6) is -0.746. The van der Waals surface area contributed by atoms with Gasteiger partial charge in [-0.15, -0.1) is 11.3 Å². The zero-order valence-corrected chi connectivity index (χ0v) is 12.5. The summed E-state index contributed by atoms with van der Waals surface area (Å²) in [4.78, 5) is 23.7. The second-order valence-electron chi connectivity index (χ2n) is 5.22. The molecule has 1 rings (SSSR count). The zero-order chi connectivity index (χ0) is 14.6. The van der Waals surface area contributed by atoms with Crippen molar-refractivity contribution in [3.05, 3.63) is 17.0 Å². The van der Waals surface area contributed by atoms with Gasteiger partial charge in [0.2, 0.25) is 5.91 Å². The van der Waals surface area contributed by atoms with Crippen molar-refractivity contribution in [2.75, 3.05) is 11.9 Å². The van der Waals surface area contributed by atoms with Crippen LogP contribution < -0.4 is 11.1 Å². The summed E-state index contributed by atoms with van der Waals surface area (Å²) in [6.45, 7) is 7.69. The molecule has 3 N–H and O–H groups in total. The topological polar surface area (TPSA) is 81.4 Å². The normalized spacial score (nSPS) is 12.9. The fraction of sp³-hybridized carbons (Fsp3) is 0.538. The van der Waals surface area contributed by atoms with Crippen LogP contribution in [0.15, 0.2) is 11.4 Å². The molecule has 0 saturated heterocycles. The van der Waals surface area contributed by atoms with Crippen LogP contribution in [-0.2, 0) is 9.53 Å². The number of anilines is 1. The lowest BCUT2D eigenvalue weighted by molar-refractivity contribution is -0.119. The van der Waals surface area contributed by atoms with E-state index in [2.05, 4.69) is 5.32 Å². The molecule has 0 unspecified atom stereocenters. The highest BCUT2D eigenvalue weighted by atomic mass is 32.1. The summed E-state index contributed by atoms with van der Waals surface area (Å²) in [5.41, 5.74) is 5.89. The van der Waals surface area contributed by atoms with Gasteiger partial charge in [-0.05, 0) is 23.8 Å². The van der Waals surface area contributed by atoms with Gasteiger partial charge in [0.1, 0.15) is 5.00 Å². The molecule has 0 aliphatic heterocycles. The quantitative estimate of drug-likeness (QED) is 0.831. The van der Waals surface area contributed by atoms with Crippen molar-refractivity contribution < 1.29 is 14.3 Å². The molecular weight excluding hydrogens is 264 g/mol. The lowest BCUT2D eigenvalue weighted by Gasteiger charge is -2.25. The Morgan fingerprint density at radius 3 is 2.63 bits per heavy atom. The summed E-state index contributed by atoms with van der Waals surface area (Å²) in [6.07, 6.45) is 0. The third kappa shape index (κ3) is 4.04. The van der Waals surface area contributed by atoms with Crippen LogP contribution in [0.3, 0.4) is 0 Å². The average Bonchev–Trinajstić information content (AvgIpc) is 2.75. The van der Waals surface area contributed by atoms with E-state index in [0.29, 0.717) is 17.2 Å². The average molecular weight is 284 g/mol. The molecule has 1 atom stereocenters. The number of rotatable bonds is 4. The minimum Gasteiger partial charge on any atom is -0.462 e. The smallest absolute Gasteiger partial charge is 0.341 e. The van der Waals surface area contributed by atoms with Crippen molar-refractivity contribution in [2.45, 2.75) is 33.7 Å². The van der Waals surface area contributed by atoms with Crippen LogP contribution in [0.4, 0.5) is 5.00 Å². The number of hydrogen-bond donors (Lipinski definition) is 2. The van der Waals surface area contributed by atoms with Crippen LogP contribution in [0, 0.1) is 5.41 Å². The molecular formula is C13H20N2O3S. The number of nitrogens with two attached hydrogens (primary N) is 1. The number of nitrogens with one attached hydrogen (secondary N) is 1. The highest BCUT2D eigenvalue weighted by Gasteiger charge is 2.28. The van der Waals surface area contributed by atoms with E-state index < -0.39 is 12.0 Å². The minimum atomic E-state index is -0.648. The number of carbonyl (C=O) groups is 2. The Labute approximate surface area is 117 Å². The molecule has 0 saturated carbocycles. The molecule has 1 aromatic rings. The minimum absolute atomic E-state index is 0.295. The van der Waals surface area contributed by atoms with Crippen molar-refractivity contribution in [1.29, 1.82) is 0 Å². The van der Waals surface area contributed by atoms with Gasteiger partial charge in [-0.2, -0.15) is 0 Å². The first-order chi connectivity index (χ1) is 8.77. The number of esters is 1. The van der Waals surface area contributed by atoms with Gasteiger partial charge in [0, 0.05) is 0 Å². The molecule has 0 aliphatic carbocycles. The van der Waals surface area contributed by atoms with E-state index >= 15 is 0 Å². The Kier molecular flexibility index (Phi) is 5.08. The Hall–Kier alpha value is -1.40. The van der Waals surface area contributed by atoms with Crippen molar-refractivity contribution >= 4 is 28.2 Å². The van der Waals surface area contributed by atoms with Crippen LogP contribution in [-0.4, -0.2) is 24.5 Å². The molecule has 1 amide bonds. The molecule has 1 heterocycles. The van der Waals surface area contributed by atoms with Crippen molar-refractivity contribution in [2.24, 2.45) is 11.1 Å². The molecule has 0 fully saturated rings. The van der Waals surface area contributed by atoms with Crippen molar-refractivity contribution in [1.82, 2.24) is 0 Å². The van der Waals surface area contributed by atoms with Gasteiger partial charge in [0.05, 0.1) is 18.2 Å². The van der Waals surface area contributed by atoms with Crippen LogP contribution in [0.5, 0.6) is 0 Å². The second kappa shape index (κ2) is 6.16. The van der Waals surface area contributed by atoms with E-state index in [9.17, 15) is 9.59 Å². The van der Waals surface area contributed by atoms with Gasteiger partial charge < -0.3 is 15.8 Å². The third-order valence-corrected chi connectivity index (χ3v) is 3.44. The van der Waals surface area contributed by atoms with Crippen LogP contribution >= 0.6 is 11.3 Å². The van der Waals surface area contributed by atoms with Crippen molar-refractivity contribution in [3.63, 3.8) is 0 Å². The maximum atomic E-state index is 12.0. The first kappa shape index (κ1) is 15.7. The number of carbonyl (C=O) groups excluding carboxylic acids is 2. The first-order valence-corrected chi connectivity index (χ1v) is 6.96. The van der Waals surface area contributed by atoms with Gasteiger partial charge in [-0.1, -0.05) is 20.8 Å². The van der Waals surface area contributed by atoms with Gasteiger partial charge in [-0.25, -0.2) is 4.79 Å². The SMILES string of the molecule is CCOC(=O)c1ccsc1NC(=O)[C@@H](N)C(C)(C)C. The number of amides is 1. The molecule has 0 aromatic carbocycles. The summed E-state index contributed by atoms with van der Waals surface area (Å²) in [6, 6.07) is 0.977. The number of hydrogen-bond acceptors (Lipinski definition) is 5. The van der Waals surface area contributed by atoms with E-state index in [1.165, 1.54) is 11.3 Å². The molecule has 6 heteroatoms. The Bertz CT molecular complexity index is 463. The summed E-state index contributed by atoms with van der Waals surface area (Å²) in [5, 5.41) is 4.89. The summed E-state index contributed by atoms with van der Waals surface area (Å²) < 4.78 is 4.92. The lowest BCUT2D eigenvalue weighted by atomic mass is 9.87. The molecule has 0 bridgehead atoms. The Morgan fingerprint density at radius 1 is 1.47 bits per heavy atom. The molecule has 0 aliphatic rings. The van der Waals surface area contributed by atoms with Crippen LogP contribution in [0.1, 0.15) is 38.1 Å². The van der Waals surface area contributed by atoms with E-state index in [1.54, 1.807) is 18.4 Å². The van der Waals surface area contributed by atoms with Crippen molar-refractivity contribution in [3.8, 4) is 0 Å². The maximum Gasteiger partial charge on any atom is 0.341 e. The molecule has 0 spiro atoms. The van der Waals surface area contributed by atoms with E-state index in [-0.39, 0.29) is 11.3 Å². The fourth-order valence-electron chi connectivity index (χ4n) is 1.36. The third-order valence-electron chi connectivity index (χ3n) is 2.61. The predicted molar refractivity (Wildman–Crippen MR) is 76.3 cm³/mol. The highest BCUT2D eigenvalue weighted by molar-refractivity contribution is 7.14. The maximum absolute atomic E-state index is 12.0. The monoisotopic (exact) mass is 284 g/mol. The number of ether oxygens (including phenoxy) is 1. The molecule has 106 valence electrons. The summed E-state index contributed by atoms with van der Waals surface area (Å²) >= 11 is 1.27. The van der Waals surface area contributed by atoms with E-state index in [0.717, 1.165) is 0 Å². The van der Waals surface area contributed by atoms with E-state index in [1.807, 2.05) is 20.8 Å². The largest absolute Gasteiger partial charge is 0.462 e. The van der Waals surface area contributed by atoms with Gasteiger partial charge >= 0.3 is 5.97 Å². The Morgan fingerprint density at radius 2 is 2.11 bits per heavy atom. The Balaban J connectivity index is 2.81. The standard InChI is InChI=1S/C13H20N2O3S/c1-5-18-12(17)8-6-7-19-11(8)15-10(16)9(14)13(2,3)4/h6-7,9H,5,14H2,1-4H3,(H,15,16)/t9-/m1/s1. The molecule has 19 heavy (non-hydrogen) atoms. The lowest BCUT2D eigenvalue weighted by Crippen LogP contribution is -2.45. The molecule has 5 nitrogen and oxygen atoms in total. The predicted octanol–water partition coefficient (Wildman–Crippen LogP) is 2.24. The van der Waals surface area contributed by atoms with Crippen LogP contribution in [0.25, 0.3) is 0 Å². The molecule has 1 aromatic heterocycles. The second-order valence-corrected chi connectivity index (χ2v) is 6.13. The van der Waals surface area contributed by atoms with Gasteiger partial charge in [0.15, 0.2) is 0 Å². The fourth-order valence-corrected chi connectivity index (χ4v) is 2.14. The number of thiophene rings is 1. The summed E-state index contributed by atoms with van der Waals surface area (Å²) in [7, 11) is 0.